The Morgan fingerprint density at radius 2 is 2.12 bits per heavy atom. The number of nitrogens with zero attached hydrogens (tertiary/aromatic N) is 1. The lowest BCUT2D eigenvalue weighted by Gasteiger charge is -2.35. The fraction of sp³-hybridized carbons (Fsp3) is 0.833. The van der Waals surface area contributed by atoms with Gasteiger partial charge in [0.1, 0.15) is 0 Å². The number of rotatable bonds is 3. The van der Waals surface area contributed by atoms with Gasteiger partial charge >= 0.3 is 0 Å². The predicted octanol–water partition coefficient (Wildman–Crippen LogP) is 1.31. The second-order valence-corrected chi connectivity index (χ2v) is 5.13. The largest absolute Gasteiger partial charge is 0.409 e. The first-order valence-electron chi connectivity index (χ1n) is 6.25. The summed E-state index contributed by atoms with van der Waals surface area (Å²) >= 11 is 0. The number of carbonyl (C=O) groups is 1. The molecule has 5 heteroatoms. The van der Waals surface area contributed by atoms with Gasteiger partial charge in [0.2, 0.25) is 5.91 Å². The molecule has 4 atom stereocenters. The number of hydrogen-bond donors (Lipinski definition) is 3. The molecule has 98 valence electrons. The van der Waals surface area contributed by atoms with E-state index in [1.165, 1.54) is 6.42 Å². The topological polar surface area (TPSA) is 87.7 Å². The molecule has 4 N–H and O–H groups in total. The molecular formula is C12H23N3O2. The average molecular weight is 241 g/mol. The highest BCUT2D eigenvalue weighted by Gasteiger charge is 2.29. The SMILES string of the molecule is CC(C(=O)NC1CCCC(C)C1C)/C(N)=N/O. The van der Waals surface area contributed by atoms with E-state index in [0.717, 1.165) is 12.8 Å². The van der Waals surface area contributed by atoms with E-state index in [1.807, 2.05) is 0 Å². The summed E-state index contributed by atoms with van der Waals surface area (Å²) in [4.78, 5) is 11.9. The van der Waals surface area contributed by atoms with Crippen molar-refractivity contribution in [1.82, 2.24) is 5.32 Å². The van der Waals surface area contributed by atoms with Gasteiger partial charge in [0, 0.05) is 6.04 Å². The molecular weight excluding hydrogens is 218 g/mol. The molecule has 5 nitrogen and oxygen atoms in total. The van der Waals surface area contributed by atoms with Crippen molar-refractivity contribution in [2.75, 3.05) is 0 Å². The van der Waals surface area contributed by atoms with Crippen LogP contribution >= 0.6 is 0 Å². The third kappa shape index (κ3) is 3.35. The minimum Gasteiger partial charge on any atom is -0.409 e. The van der Waals surface area contributed by atoms with E-state index in [1.54, 1.807) is 6.92 Å². The fourth-order valence-electron chi connectivity index (χ4n) is 2.31. The molecule has 1 saturated carbocycles. The fourth-order valence-corrected chi connectivity index (χ4v) is 2.31. The zero-order chi connectivity index (χ0) is 13.0. The zero-order valence-corrected chi connectivity index (χ0v) is 10.8. The Hall–Kier alpha value is -1.26. The van der Waals surface area contributed by atoms with Crippen molar-refractivity contribution in [3.63, 3.8) is 0 Å². The number of hydrogen-bond acceptors (Lipinski definition) is 3. The van der Waals surface area contributed by atoms with Crippen LogP contribution in [0.15, 0.2) is 5.16 Å². The van der Waals surface area contributed by atoms with Crippen molar-refractivity contribution in [3.05, 3.63) is 0 Å². The molecule has 17 heavy (non-hydrogen) atoms. The highest BCUT2D eigenvalue weighted by Crippen LogP contribution is 2.29. The number of nitrogens with one attached hydrogen (secondary N) is 1. The Kier molecular flexibility index (Phi) is 4.78. The maximum atomic E-state index is 11.9. The van der Waals surface area contributed by atoms with Gasteiger partial charge in [0.15, 0.2) is 5.84 Å². The number of carbonyl (C=O) groups excluding carboxylic acids is 1. The summed E-state index contributed by atoms with van der Waals surface area (Å²) in [5, 5.41) is 14.4. The molecule has 1 rings (SSSR count). The lowest BCUT2D eigenvalue weighted by molar-refractivity contribution is -0.124. The van der Waals surface area contributed by atoms with Crippen LogP contribution in [0.5, 0.6) is 0 Å². The van der Waals surface area contributed by atoms with E-state index in [0.29, 0.717) is 11.8 Å². The van der Waals surface area contributed by atoms with Crippen LogP contribution in [0.3, 0.4) is 0 Å². The van der Waals surface area contributed by atoms with Gasteiger partial charge in [-0.25, -0.2) is 0 Å². The minimum atomic E-state index is -0.579. The van der Waals surface area contributed by atoms with E-state index in [-0.39, 0.29) is 17.8 Å². The normalized spacial score (nSPS) is 31.9. The summed E-state index contributed by atoms with van der Waals surface area (Å²) in [5.74, 6) is 0.329. The Labute approximate surface area is 102 Å². The highest BCUT2D eigenvalue weighted by atomic mass is 16.4. The Balaban J connectivity index is 2.56. The molecule has 1 amide bonds. The molecule has 4 unspecified atom stereocenters. The first kappa shape index (κ1) is 13.8. The molecule has 0 bridgehead atoms. The first-order valence-corrected chi connectivity index (χ1v) is 6.25. The summed E-state index contributed by atoms with van der Waals surface area (Å²) in [6.45, 7) is 6.03. The Morgan fingerprint density at radius 1 is 1.47 bits per heavy atom. The third-order valence-corrected chi connectivity index (χ3v) is 3.99. The summed E-state index contributed by atoms with van der Waals surface area (Å²) in [7, 11) is 0. The molecule has 0 heterocycles. The van der Waals surface area contributed by atoms with Crippen LogP contribution in [0, 0.1) is 17.8 Å². The quantitative estimate of drug-likeness (QED) is 0.301. The minimum absolute atomic E-state index is 0.0426. The summed E-state index contributed by atoms with van der Waals surface area (Å²) < 4.78 is 0. The molecule has 1 aliphatic carbocycles. The maximum Gasteiger partial charge on any atom is 0.230 e. The van der Waals surface area contributed by atoms with Crippen LogP contribution in [0.4, 0.5) is 0 Å². The second-order valence-electron chi connectivity index (χ2n) is 5.13. The Morgan fingerprint density at radius 3 is 2.71 bits per heavy atom. The van der Waals surface area contributed by atoms with Gasteiger partial charge in [-0.1, -0.05) is 31.8 Å². The molecule has 0 aromatic rings. The third-order valence-electron chi connectivity index (χ3n) is 3.99. The molecule has 1 fully saturated rings. The van der Waals surface area contributed by atoms with Crippen molar-refractivity contribution >= 4 is 11.7 Å². The highest BCUT2D eigenvalue weighted by molar-refractivity contribution is 6.01. The van der Waals surface area contributed by atoms with Gasteiger partial charge in [-0.3, -0.25) is 4.79 Å². The Bertz CT molecular complexity index is 304. The molecule has 0 spiro atoms. The van der Waals surface area contributed by atoms with Crippen molar-refractivity contribution in [1.29, 1.82) is 0 Å². The molecule has 0 aromatic carbocycles. The van der Waals surface area contributed by atoms with Crippen molar-refractivity contribution in [3.8, 4) is 0 Å². The van der Waals surface area contributed by atoms with Gasteiger partial charge in [0.25, 0.3) is 0 Å². The van der Waals surface area contributed by atoms with Gasteiger partial charge in [-0.05, 0) is 25.2 Å². The standard InChI is InChI=1S/C12H23N3O2/c1-7-5-4-6-10(8(7)2)14-12(16)9(3)11(13)15-17/h7-10,17H,4-6H2,1-3H3,(H2,13,15)(H,14,16). The van der Waals surface area contributed by atoms with Gasteiger partial charge in [0.05, 0.1) is 5.92 Å². The lowest BCUT2D eigenvalue weighted by atomic mass is 9.78. The van der Waals surface area contributed by atoms with E-state index >= 15 is 0 Å². The van der Waals surface area contributed by atoms with Crippen LogP contribution < -0.4 is 11.1 Å². The van der Waals surface area contributed by atoms with E-state index < -0.39 is 5.92 Å². The molecule has 0 saturated heterocycles. The van der Waals surface area contributed by atoms with Crippen LogP contribution in [-0.4, -0.2) is 23.0 Å². The maximum absolute atomic E-state index is 11.9. The van der Waals surface area contributed by atoms with E-state index in [2.05, 4.69) is 24.3 Å². The summed E-state index contributed by atoms with van der Waals surface area (Å²) in [5.41, 5.74) is 5.42. The molecule has 1 aliphatic rings. The van der Waals surface area contributed by atoms with Gasteiger partial charge in [-0.2, -0.15) is 0 Å². The first-order chi connectivity index (χ1) is 7.97. The monoisotopic (exact) mass is 241 g/mol. The van der Waals surface area contributed by atoms with Crippen LogP contribution in [-0.2, 0) is 4.79 Å². The second kappa shape index (κ2) is 5.89. The number of amides is 1. The van der Waals surface area contributed by atoms with Crippen molar-refractivity contribution in [2.24, 2.45) is 28.6 Å². The molecule has 0 radical (unpaired) electrons. The summed E-state index contributed by atoms with van der Waals surface area (Å²) in [6.07, 6.45) is 3.39. The summed E-state index contributed by atoms with van der Waals surface area (Å²) in [6, 6.07) is 0.209. The zero-order valence-electron chi connectivity index (χ0n) is 10.8. The van der Waals surface area contributed by atoms with Crippen LogP contribution in [0.2, 0.25) is 0 Å². The molecule has 0 aromatic heterocycles. The van der Waals surface area contributed by atoms with E-state index in [9.17, 15) is 4.79 Å². The van der Waals surface area contributed by atoms with Crippen molar-refractivity contribution in [2.45, 2.75) is 46.1 Å². The van der Waals surface area contributed by atoms with E-state index in [4.69, 9.17) is 10.9 Å². The van der Waals surface area contributed by atoms with Gasteiger partial charge in [-0.15, -0.1) is 0 Å². The number of nitrogens with two attached hydrogens (primary N) is 1. The number of oxime groups is 1. The predicted molar refractivity (Wildman–Crippen MR) is 66.7 cm³/mol. The van der Waals surface area contributed by atoms with Crippen LogP contribution in [0.1, 0.15) is 40.0 Å². The van der Waals surface area contributed by atoms with Crippen molar-refractivity contribution < 1.29 is 10.0 Å². The number of amidine groups is 1. The molecule has 0 aliphatic heterocycles. The van der Waals surface area contributed by atoms with Gasteiger partial charge < -0.3 is 16.3 Å². The van der Waals surface area contributed by atoms with Crippen LogP contribution in [0.25, 0.3) is 0 Å². The lowest BCUT2D eigenvalue weighted by Crippen LogP contribution is -2.47. The smallest absolute Gasteiger partial charge is 0.230 e. The average Bonchev–Trinajstić information content (AvgIpc) is 2.32.